The van der Waals surface area contributed by atoms with Crippen LogP contribution in [0.15, 0.2) is 22.7 Å². The van der Waals surface area contributed by atoms with Crippen molar-refractivity contribution in [1.82, 2.24) is 4.90 Å². The molecule has 0 saturated carbocycles. The number of carboxylic acid groups (broad SMARTS) is 1. The SMILES string of the molecule is CCN(C=O)C(C(=O)O)c1ccc(Br)c(F)c1. The molecule has 0 fully saturated rings. The van der Waals surface area contributed by atoms with Gasteiger partial charge in [0.05, 0.1) is 4.47 Å². The van der Waals surface area contributed by atoms with Gasteiger partial charge in [-0.15, -0.1) is 0 Å². The second-order valence-electron chi connectivity index (χ2n) is 3.35. The molecule has 0 aliphatic rings. The second-order valence-corrected chi connectivity index (χ2v) is 4.20. The van der Waals surface area contributed by atoms with Gasteiger partial charge in [-0.1, -0.05) is 6.07 Å². The summed E-state index contributed by atoms with van der Waals surface area (Å²) in [5.41, 5.74) is 0.229. The summed E-state index contributed by atoms with van der Waals surface area (Å²) in [6.07, 6.45) is 0.443. The highest BCUT2D eigenvalue weighted by Crippen LogP contribution is 2.24. The van der Waals surface area contributed by atoms with Crippen LogP contribution in [0, 0.1) is 5.82 Å². The zero-order valence-electron chi connectivity index (χ0n) is 9.06. The van der Waals surface area contributed by atoms with Crippen molar-refractivity contribution in [2.75, 3.05) is 6.54 Å². The number of carbonyl (C=O) groups is 2. The maximum atomic E-state index is 13.3. The summed E-state index contributed by atoms with van der Waals surface area (Å²) in [5, 5.41) is 9.08. The maximum absolute atomic E-state index is 13.3. The van der Waals surface area contributed by atoms with E-state index < -0.39 is 17.8 Å². The number of amides is 1. The number of halogens is 2. The third-order valence-corrected chi connectivity index (χ3v) is 2.97. The van der Waals surface area contributed by atoms with Crippen molar-refractivity contribution < 1.29 is 19.1 Å². The van der Waals surface area contributed by atoms with Crippen molar-refractivity contribution in [2.45, 2.75) is 13.0 Å². The lowest BCUT2D eigenvalue weighted by molar-refractivity contribution is -0.146. The molecule has 0 saturated heterocycles. The zero-order chi connectivity index (χ0) is 13.0. The van der Waals surface area contributed by atoms with Crippen LogP contribution in [-0.4, -0.2) is 28.9 Å². The van der Waals surface area contributed by atoms with Crippen LogP contribution >= 0.6 is 15.9 Å². The highest BCUT2D eigenvalue weighted by molar-refractivity contribution is 9.10. The van der Waals surface area contributed by atoms with Crippen LogP contribution in [0.1, 0.15) is 18.5 Å². The number of likely N-dealkylation sites (N-methyl/N-ethyl adjacent to an activating group) is 1. The Labute approximate surface area is 106 Å². The monoisotopic (exact) mass is 303 g/mol. The fourth-order valence-corrected chi connectivity index (χ4v) is 1.72. The summed E-state index contributed by atoms with van der Waals surface area (Å²) in [6, 6.07) is 2.83. The molecule has 1 rings (SSSR count). The largest absolute Gasteiger partial charge is 0.479 e. The van der Waals surface area contributed by atoms with Crippen molar-refractivity contribution in [3.05, 3.63) is 34.1 Å². The van der Waals surface area contributed by atoms with Crippen LogP contribution in [0.2, 0.25) is 0 Å². The molecule has 0 bridgehead atoms. The normalized spacial score (nSPS) is 11.9. The van der Waals surface area contributed by atoms with E-state index in [-0.39, 0.29) is 16.6 Å². The molecular weight excluding hydrogens is 293 g/mol. The van der Waals surface area contributed by atoms with Gasteiger partial charge >= 0.3 is 5.97 Å². The second kappa shape index (κ2) is 5.77. The van der Waals surface area contributed by atoms with Crippen LogP contribution in [0.3, 0.4) is 0 Å². The van der Waals surface area contributed by atoms with Crippen molar-refractivity contribution in [3.8, 4) is 0 Å². The summed E-state index contributed by atoms with van der Waals surface area (Å²) >= 11 is 2.98. The molecule has 0 spiro atoms. The average molecular weight is 304 g/mol. The first-order valence-electron chi connectivity index (χ1n) is 4.90. The number of nitrogens with zero attached hydrogens (tertiary/aromatic N) is 1. The molecule has 0 radical (unpaired) electrons. The lowest BCUT2D eigenvalue weighted by Crippen LogP contribution is -2.33. The van der Waals surface area contributed by atoms with E-state index in [2.05, 4.69) is 15.9 Å². The predicted molar refractivity (Wildman–Crippen MR) is 62.9 cm³/mol. The summed E-state index contributed by atoms with van der Waals surface area (Å²) in [5.74, 6) is -1.75. The lowest BCUT2D eigenvalue weighted by atomic mass is 10.1. The molecule has 6 heteroatoms. The zero-order valence-corrected chi connectivity index (χ0v) is 10.6. The van der Waals surface area contributed by atoms with Crippen LogP contribution in [-0.2, 0) is 9.59 Å². The molecule has 1 N–H and O–H groups in total. The molecule has 1 amide bonds. The molecule has 17 heavy (non-hydrogen) atoms. The quantitative estimate of drug-likeness (QED) is 0.848. The molecular formula is C11H11BrFNO3. The van der Waals surface area contributed by atoms with E-state index in [9.17, 15) is 14.0 Å². The fourth-order valence-electron chi connectivity index (χ4n) is 1.48. The number of hydrogen-bond donors (Lipinski definition) is 1. The van der Waals surface area contributed by atoms with Crippen LogP contribution in [0.5, 0.6) is 0 Å². The van der Waals surface area contributed by atoms with Crippen molar-refractivity contribution in [2.24, 2.45) is 0 Å². The molecule has 1 aromatic rings. The van der Waals surface area contributed by atoms with Crippen molar-refractivity contribution in [3.63, 3.8) is 0 Å². The molecule has 0 aromatic heterocycles. The van der Waals surface area contributed by atoms with Crippen LogP contribution in [0.25, 0.3) is 0 Å². The van der Waals surface area contributed by atoms with Gasteiger partial charge < -0.3 is 10.0 Å². The number of aliphatic carboxylic acids is 1. The lowest BCUT2D eigenvalue weighted by Gasteiger charge is -2.23. The van der Waals surface area contributed by atoms with Gasteiger partial charge in [0, 0.05) is 6.54 Å². The molecule has 0 heterocycles. The van der Waals surface area contributed by atoms with E-state index in [1.54, 1.807) is 6.92 Å². The van der Waals surface area contributed by atoms with Gasteiger partial charge in [-0.25, -0.2) is 9.18 Å². The summed E-state index contributed by atoms with van der Waals surface area (Å²) in [7, 11) is 0. The Balaban J connectivity index is 3.18. The van der Waals surface area contributed by atoms with Crippen LogP contribution < -0.4 is 0 Å². The van der Waals surface area contributed by atoms with Gasteiger partial charge in [-0.05, 0) is 40.5 Å². The van der Waals surface area contributed by atoms with E-state index in [4.69, 9.17) is 5.11 Å². The van der Waals surface area contributed by atoms with E-state index in [1.165, 1.54) is 12.1 Å². The van der Waals surface area contributed by atoms with E-state index >= 15 is 0 Å². The molecule has 1 atom stereocenters. The summed E-state index contributed by atoms with van der Waals surface area (Å²) < 4.78 is 13.6. The summed E-state index contributed by atoms with van der Waals surface area (Å²) in [4.78, 5) is 23.0. The van der Waals surface area contributed by atoms with Gasteiger partial charge in [-0.3, -0.25) is 4.79 Å². The standard InChI is InChI=1S/C11H11BrFNO3/c1-2-14(6-15)10(11(16)17)7-3-4-8(12)9(13)5-7/h3-6,10H,2H2,1H3,(H,16,17). The van der Waals surface area contributed by atoms with Crippen LogP contribution in [0.4, 0.5) is 4.39 Å². The van der Waals surface area contributed by atoms with E-state index in [0.717, 1.165) is 11.0 Å². The minimum absolute atomic E-state index is 0.229. The Morgan fingerprint density at radius 1 is 1.65 bits per heavy atom. The van der Waals surface area contributed by atoms with Gasteiger partial charge in [0.1, 0.15) is 5.82 Å². The molecule has 0 aliphatic carbocycles. The average Bonchev–Trinajstić information content (AvgIpc) is 2.29. The smallest absolute Gasteiger partial charge is 0.331 e. The Morgan fingerprint density at radius 3 is 2.71 bits per heavy atom. The highest BCUT2D eigenvalue weighted by Gasteiger charge is 2.26. The highest BCUT2D eigenvalue weighted by atomic mass is 79.9. The Morgan fingerprint density at radius 2 is 2.29 bits per heavy atom. The first-order chi connectivity index (χ1) is 8.01. The third-order valence-electron chi connectivity index (χ3n) is 2.33. The van der Waals surface area contributed by atoms with Gasteiger partial charge in [0.2, 0.25) is 6.41 Å². The molecule has 92 valence electrons. The number of rotatable bonds is 5. The molecule has 4 nitrogen and oxygen atoms in total. The van der Waals surface area contributed by atoms with E-state index in [0.29, 0.717) is 6.41 Å². The Kier molecular flexibility index (Phi) is 4.62. The minimum Gasteiger partial charge on any atom is -0.479 e. The van der Waals surface area contributed by atoms with Crippen molar-refractivity contribution in [1.29, 1.82) is 0 Å². The molecule has 1 aromatic carbocycles. The third kappa shape index (κ3) is 3.03. The number of carboxylic acids is 1. The topological polar surface area (TPSA) is 57.6 Å². The maximum Gasteiger partial charge on any atom is 0.331 e. The van der Waals surface area contributed by atoms with Crippen molar-refractivity contribution >= 4 is 28.3 Å². The Bertz CT molecular complexity index is 439. The van der Waals surface area contributed by atoms with Gasteiger partial charge in [0.25, 0.3) is 0 Å². The number of benzene rings is 1. The molecule has 1 unspecified atom stereocenters. The van der Waals surface area contributed by atoms with Gasteiger partial charge in [0.15, 0.2) is 6.04 Å². The first-order valence-corrected chi connectivity index (χ1v) is 5.69. The van der Waals surface area contributed by atoms with E-state index in [1.807, 2.05) is 0 Å². The predicted octanol–water partition coefficient (Wildman–Crippen LogP) is 2.19. The number of carbonyl (C=O) groups excluding carboxylic acids is 1. The van der Waals surface area contributed by atoms with Gasteiger partial charge in [-0.2, -0.15) is 0 Å². The fraction of sp³-hybridized carbons (Fsp3) is 0.273. The Hall–Kier alpha value is -1.43. The first kappa shape index (κ1) is 13.6. The minimum atomic E-state index is -1.19. The molecule has 0 aliphatic heterocycles. The summed E-state index contributed by atoms with van der Waals surface area (Å²) in [6.45, 7) is 1.89. The number of hydrogen-bond acceptors (Lipinski definition) is 2.